The number of hydrogen-bond donors (Lipinski definition) is 0. The van der Waals surface area contributed by atoms with Crippen LogP contribution in [0.1, 0.15) is 0 Å². The van der Waals surface area contributed by atoms with E-state index in [0.717, 1.165) is 16.9 Å². The van der Waals surface area contributed by atoms with Crippen LogP contribution in [0.4, 0.5) is 0 Å². The lowest BCUT2D eigenvalue weighted by molar-refractivity contribution is 0.415. The molecule has 0 saturated heterocycles. The van der Waals surface area contributed by atoms with Crippen LogP contribution in [0.2, 0.25) is 0 Å². The van der Waals surface area contributed by atoms with E-state index in [1.54, 1.807) is 25.3 Å². The smallest absolute Gasteiger partial charge is 0.119 e. The van der Waals surface area contributed by atoms with Gasteiger partial charge in [-0.2, -0.15) is 0 Å². The monoisotopic (exact) mass is 247 g/mol. The Morgan fingerprint density at radius 3 is 2.35 bits per heavy atom. The van der Waals surface area contributed by atoms with Crippen molar-refractivity contribution in [3.8, 4) is 16.9 Å². The Morgan fingerprint density at radius 1 is 1.06 bits per heavy atom. The number of benzene rings is 2. The van der Waals surface area contributed by atoms with E-state index in [4.69, 9.17) is 4.74 Å². The zero-order valence-electron chi connectivity index (χ0n) is 9.25. The number of hydrogen-bond acceptors (Lipinski definition) is 3. The maximum Gasteiger partial charge on any atom is 0.119 e. The fourth-order valence-corrected chi connectivity index (χ4v) is 1.99. The first-order chi connectivity index (χ1) is 8.20. The van der Waals surface area contributed by atoms with Crippen LogP contribution in [-0.4, -0.2) is 15.9 Å². The highest BCUT2D eigenvalue weighted by molar-refractivity contribution is 7.79. The van der Waals surface area contributed by atoms with E-state index >= 15 is 0 Å². The van der Waals surface area contributed by atoms with Gasteiger partial charge in [0.05, 0.1) is 7.11 Å². The number of ether oxygens (including phenoxy) is 1. The minimum absolute atomic E-state index is 0.283. The Balaban J connectivity index is 2.45. The zero-order chi connectivity index (χ0) is 12.3. The quantitative estimate of drug-likeness (QED) is 0.783. The van der Waals surface area contributed by atoms with E-state index in [-0.39, 0.29) is 4.90 Å². The van der Waals surface area contributed by atoms with Crippen molar-refractivity contribution in [3.05, 3.63) is 48.5 Å². The third-order valence-corrected chi connectivity index (χ3v) is 3.07. The summed E-state index contributed by atoms with van der Waals surface area (Å²) in [6.07, 6.45) is 0. The highest BCUT2D eigenvalue weighted by Crippen LogP contribution is 2.25. The topological polar surface area (TPSA) is 49.4 Å². The van der Waals surface area contributed by atoms with Crippen LogP contribution in [-0.2, 0) is 11.1 Å². The largest absolute Gasteiger partial charge is 0.768 e. The molecular weight excluding hydrogens is 236 g/mol. The van der Waals surface area contributed by atoms with E-state index in [1.807, 2.05) is 30.3 Å². The minimum atomic E-state index is -2.20. The van der Waals surface area contributed by atoms with Crippen molar-refractivity contribution in [2.24, 2.45) is 0 Å². The molecule has 0 aliphatic heterocycles. The van der Waals surface area contributed by atoms with Gasteiger partial charge in [0.2, 0.25) is 0 Å². The molecule has 2 aromatic carbocycles. The van der Waals surface area contributed by atoms with Crippen LogP contribution in [0.25, 0.3) is 11.1 Å². The Morgan fingerprint density at radius 2 is 1.71 bits per heavy atom. The first-order valence-corrected chi connectivity index (χ1v) is 6.12. The molecule has 17 heavy (non-hydrogen) atoms. The van der Waals surface area contributed by atoms with E-state index in [9.17, 15) is 8.76 Å². The summed E-state index contributed by atoms with van der Waals surface area (Å²) in [5.74, 6) is 0.746. The Hall–Kier alpha value is -1.65. The predicted octanol–water partition coefficient (Wildman–Crippen LogP) is 2.60. The van der Waals surface area contributed by atoms with Crippen molar-refractivity contribution in [1.82, 2.24) is 0 Å². The lowest BCUT2D eigenvalue weighted by Gasteiger charge is -2.08. The highest BCUT2D eigenvalue weighted by atomic mass is 32.2. The molecule has 1 atom stereocenters. The summed E-state index contributed by atoms with van der Waals surface area (Å²) in [5, 5.41) is 0. The third-order valence-electron chi connectivity index (χ3n) is 2.43. The molecule has 2 rings (SSSR count). The van der Waals surface area contributed by atoms with E-state index < -0.39 is 11.1 Å². The van der Waals surface area contributed by atoms with Crippen LogP contribution in [0.5, 0.6) is 5.75 Å². The fraction of sp³-hybridized carbons (Fsp3) is 0.0769. The normalized spacial score (nSPS) is 12.1. The Kier molecular flexibility index (Phi) is 3.56. The van der Waals surface area contributed by atoms with Gasteiger partial charge < -0.3 is 9.29 Å². The summed E-state index contributed by atoms with van der Waals surface area (Å²) in [4.78, 5) is 0.283. The maximum atomic E-state index is 10.9. The van der Waals surface area contributed by atoms with Crippen LogP contribution in [0.15, 0.2) is 53.4 Å². The second-order valence-electron chi connectivity index (χ2n) is 3.49. The van der Waals surface area contributed by atoms with Crippen molar-refractivity contribution in [2.45, 2.75) is 4.90 Å². The van der Waals surface area contributed by atoms with Crippen molar-refractivity contribution >= 4 is 11.1 Å². The summed E-state index contributed by atoms with van der Waals surface area (Å²) in [5.41, 5.74) is 1.78. The van der Waals surface area contributed by atoms with E-state index in [0.29, 0.717) is 0 Å². The summed E-state index contributed by atoms with van der Waals surface area (Å²) in [6.45, 7) is 0. The van der Waals surface area contributed by atoms with E-state index in [2.05, 4.69) is 0 Å². The van der Waals surface area contributed by atoms with Gasteiger partial charge in [0.25, 0.3) is 0 Å². The van der Waals surface area contributed by atoms with Crippen molar-refractivity contribution in [2.75, 3.05) is 7.11 Å². The molecule has 88 valence electrons. The first-order valence-electron chi connectivity index (χ1n) is 5.04. The summed E-state index contributed by atoms with van der Waals surface area (Å²) in [6, 6.07) is 14.3. The SMILES string of the molecule is COc1cccc(-c2cccc(S(=O)[O-])c2)c1. The molecule has 0 saturated carbocycles. The lowest BCUT2D eigenvalue weighted by atomic mass is 10.1. The molecule has 0 spiro atoms. The van der Waals surface area contributed by atoms with Crippen LogP contribution in [0, 0.1) is 0 Å². The molecule has 0 amide bonds. The molecule has 1 unspecified atom stereocenters. The van der Waals surface area contributed by atoms with Gasteiger partial charge in [-0.1, -0.05) is 24.3 Å². The maximum absolute atomic E-state index is 10.9. The van der Waals surface area contributed by atoms with Gasteiger partial charge in [-0.05, 0) is 46.5 Å². The molecule has 0 N–H and O–H groups in total. The molecule has 0 aromatic heterocycles. The van der Waals surface area contributed by atoms with Gasteiger partial charge >= 0.3 is 0 Å². The molecule has 0 aliphatic rings. The molecular formula is C13H11O3S-. The van der Waals surface area contributed by atoms with Gasteiger partial charge in [0.1, 0.15) is 5.75 Å². The number of rotatable bonds is 3. The summed E-state index contributed by atoms with van der Waals surface area (Å²) >= 11 is -2.20. The average Bonchev–Trinajstić information content (AvgIpc) is 2.39. The second kappa shape index (κ2) is 5.12. The average molecular weight is 247 g/mol. The molecule has 3 nitrogen and oxygen atoms in total. The van der Waals surface area contributed by atoms with Gasteiger partial charge in [-0.3, -0.25) is 4.21 Å². The van der Waals surface area contributed by atoms with Gasteiger partial charge in [-0.15, -0.1) is 0 Å². The van der Waals surface area contributed by atoms with Gasteiger partial charge in [0, 0.05) is 4.90 Å². The first kappa shape index (κ1) is 11.8. The molecule has 4 heteroatoms. The summed E-state index contributed by atoms with van der Waals surface area (Å²) in [7, 11) is 1.60. The molecule has 0 heterocycles. The number of methoxy groups -OCH3 is 1. The Labute approximate surface area is 102 Å². The van der Waals surface area contributed by atoms with E-state index in [1.165, 1.54) is 0 Å². The molecule has 0 radical (unpaired) electrons. The van der Waals surface area contributed by atoms with Crippen molar-refractivity contribution in [3.63, 3.8) is 0 Å². The van der Waals surface area contributed by atoms with Gasteiger partial charge in [0.15, 0.2) is 0 Å². The fourth-order valence-electron chi connectivity index (χ4n) is 1.58. The highest BCUT2D eigenvalue weighted by Gasteiger charge is 2.01. The molecule has 0 bridgehead atoms. The van der Waals surface area contributed by atoms with Gasteiger partial charge in [-0.25, -0.2) is 0 Å². The zero-order valence-corrected chi connectivity index (χ0v) is 10.1. The summed E-state index contributed by atoms with van der Waals surface area (Å²) < 4.78 is 26.9. The third kappa shape index (κ3) is 2.72. The Bertz CT molecular complexity index is 552. The van der Waals surface area contributed by atoms with Crippen molar-refractivity contribution < 1.29 is 13.5 Å². The van der Waals surface area contributed by atoms with Crippen LogP contribution >= 0.6 is 0 Å². The van der Waals surface area contributed by atoms with Crippen molar-refractivity contribution in [1.29, 1.82) is 0 Å². The lowest BCUT2D eigenvalue weighted by Crippen LogP contribution is -1.89. The molecule has 2 aromatic rings. The molecule has 0 aliphatic carbocycles. The molecule has 0 fully saturated rings. The standard InChI is InChI=1S/C13H12O3S/c1-16-12-6-2-4-10(8-12)11-5-3-7-13(9-11)17(14)15/h2-9H,1H3,(H,14,15)/p-1. The minimum Gasteiger partial charge on any atom is -0.768 e. The van der Waals surface area contributed by atoms with Crippen LogP contribution in [0.3, 0.4) is 0 Å². The second-order valence-corrected chi connectivity index (χ2v) is 4.44. The van der Waals surface area contributed by atoms with Crippen LogP contribution < -0.4 is 4.74 Å². The predicted molar refractivity (Wildman–Crippen MR) is 65.6 cm³/mol.